The standard InChI is InChI=1S/C21H27ClN2O4S2/c1-14-13-21(15(2)12-20(14)22)29(25,26)23-18-8-10-19(11-9-18)30(27,28)24-16(3)6-5-7-17(24)4/h8-13,16-17,23H,5-7H2,1-4H3/t16-,17-/m0/s1. The van der Waals surface area contributed by atoms with Crippen molar-refractivity contribution < 1.29 is 16.8 Å². The number of aryl methyl sites for hydroxylation is 2. The Hall–Kier alpha value is -1.61. The number of piperidine rings is 1. The molecular weight excluding hydrogens is 444 g/mol. The fourth-order valence-corrected chi connectivity index (χ4v) is 7.41. The van der Waals surface area contributed by atoms with Gasteiger partial charge in [0.2, 0.25) is 10.0 Å². The lowest BCUT2D eigenvalue weighted by Crippen LogP contribution is -2.47. The Morgan fingerprint density at radius 1 is 0.933 bits per heavy atom. The molecule has 2 aromatic carbocycles. The molecule has 1 N–H and O–H groups in total. The van der Waals surface area contributed by atoms with E-state index in [0.717, 1.165) is 19.3 Å². The van der Waals surface area contributed by atoms with Crippen molar-refractivity contribution in [3.8, 4) is 0 Å². The Bertz CT molecular complexity index is 1140. The number of rotatable bonds is 5. The van der Waals surface area contributed by atoms with Gasteiger partial charge >= 0.3 is 0 Å². The Kier molecular flexibility index (Phi) is 6.53. The summed E-state index contributed by atoms with van der Waals surface area (Å²) in [6, 6.07) is 8.85. The van der Waals surface area contributed by atoms with Crippen LogP contribution >= 0.6 is 11.6 Å². The first-order valence-electron chi connectivity index (χ1n) is 9.86. The van der Waals surface area contributed by atoms with Crippen LogP contribution in [0.4, 0.5) is 5.69 Å². The number of benzene rings is 2. The topological polar surface area (TPSA) is 83.5 Å². The van der Waals surface area contributed by atoms with Crippen molar-refractivity contribution in [2.24, 2.45) is 0 Å². The molecule has 2 atom stereocenters. The van der Waals surface area contributed by atoms with Crippen molar-refractivity contribution in [3.63, 3.8) is 0 Å². The number of halogens is 1. The van der Waals surface area contributed by atoms with Crippen LogP contribution < -0.4 is 4.72 Å². The molecule has 1 saturated heterocycles. The van der Waals surface area contributed by atoms with Gasteiger partial charge in [0.1, 0.15) is 0 Å². The largest absolute Gasteiger partial charge is 0.280 e. The smallest absolute Gasteiger partial charge is 0.262 e. The molecule has 0 amide bonds. The predicted octanol–water partition coefficient (Wildman–Crippen LogP) is 4.71. The van der Waals surface area contributed by atoms with Gasteiger partial charge in [-0.15, -0.1) is 0 Å². The summed E-state index contributed by atoms with van der Waals surface area (Å²) in [5.41, 5.74) is 1.49. The van der Waals surface area contributed by atoms with Crippen LogP contribution in [0.1, 0.15) is 44.2 Å². The Morgan fingerprint density at radius 2 is 1.50 bits per heavy atom. The number of nitrogens with one attached hydrogen (secondary N) is 1. The average Bonchev–Trinajstić information content (AvgIpc) is 2.64. The molecule has 0 bridgehead atoms. The zero-order chi connectivity index (χ0) is 22.3. The van der Waals surface area contributed by atoms with Gasteiger partial charge in [-0.3, -0.25) is 4.72 Å². The zero-order valence-electron chi connectivity index (χ0n) is 17.5. The van der Waals surface area contributed by atoms with Gasteiger partial charge in [0.15, 0.2) is 0 Å². The maximum Gasteiger partial charge on any atom is 0.262 e. The first-order chi connectivity index (χ1) is 13.9. The summed E-state index contributed by atoms with van der Waals surface area (Å²) in [5, 5.41) is 0.502. The van der Waals surface area contributed by atoms with E-state index in [2.05, 4.69) is 4.72 Å². The van der Waals surface area contributed by atoms with Gasteiger partial charge in [-0.1, -0.05) is 18.0 Å². The summed E-state index contributed by atoms with van der Waals surface area (Å²) in [5.74, 6) is 0. The van der Waals surface area contributed by atoms with Gasteiger partial charge in [-0.05, 0) is 88.1 Å². The van der Waals surface area contributed by atoms with E-state index in [1.807, 2.05) is 13.8 Å². The highest BCUT2D eigenvalue weighted by Crippen LogP contribution is 2.30. The first kappa shape index (κ1) is 23.1. The van der Waals surface area contributed by atoms with E-state index >= 15 is 0 Å². The summed E-state index contributed by atoms with van der Waals surface area (Å²) in [6.45, 7) is 7.26. The maximum absolute atomic E-state index is 13.1. The number of hydrogen-bond donors (Lipinski definition) is 1. The van der Waals surface area contributed by atoms with Crippen molar-refractivity contribution in [1.82, 2.24) is 4.31 Å². The quantitative estimate of drug-likeness (QED) is 0.685. The third kappa shape index (κ3) is 4.51. The second-order valence-corrected chi connectivity index (χ2v) is 11.9. The van der Waals surface area contributed by atoms with Crippen LogP contribution in [0.2, 0.25) is 5.02 Å². The number of anilines is 1. The lowest BCUT2D eigenvalue weighted by molar-refractivity contribution is 0.204. The van der Waals surface area contributed by atoms with E-state index in [4.69, 9.17) is 11.6 Å². The molecule has 0 unspecified atom stereocenters. The van der Waals surface area contributed by atoms with E-state index in [1.54, 1.807) is 24.2 Å². The highest BCUT2D eigenvalue weighted by molar-refractivity contribution is 7.92. The Labute approximate surface area is 184 Å². The van der Waals surface area contributed by atoms with Crippen molar-refractivity contribution >= 4 is 37.3 Å². The lowest BCUT2D eigenvalue weighted by Gasteiger charge is -2.37. The molecule has 1 heterocycles. The van der Waals surface area contributed by atoms with Crippen LogP contribution in [0.25, 0.3) is 0 Å². The van der Waals surface area contributed by atoms with E-state index in [0.29, 0.717) is 21.8 Å². The average molecular weight is 471 g/mol. The highest BCUT2D eigenvalue weighted by atomic mass is 35.5. The minimum atomic E-state index is -3.84. The van der Waals surface area contributed by atoms with Crippen LogP contribution in [0.15, 0.2) is 46.2 Å². The third-order valence-electron chi connectivity index (χ3n) is 5.54. The first-order valence-corrected chi connectivity index (χ1v) is 13.2. The maximum atomic E-state index is 13.1. The van der Waals surface area contributed by atoms with Crippen LogP contribution in [-0.2, 0) is 20.0 Å². The SMILES string of the molecule is Cc1cc(S(=O)(=O)Nc2ccc(S(=O)(=O)N3[C@@H](C)CCC[C@@H]3C)cc2)c(C)cc1Cl. The molecule has 3 rings (SSSR count). The summed E-state index contributed by atoms with van der Waals surface area (Å²) >= 11 is 6.06. The molecule has 0 aliphatic carbocycles. The van der Waals surface area contributed by atoms with Gasteiger partial charge in [0.05, 0.1) is 9.79 Å². The highest BCUT2D eigenvalue weighted by Gasteiger charge is 2.35. The van der Waals surface area contributed by atoms with Gasteiger partial charge in [-0.25, -0.2) is 16.8 Å². The summed E-state index contributed by atoms with van der Waals surface area (Å²) in [4.78, 5) is 0.293. The van der Waals surface area contributed by atoms with Crippen LogP contribution in [0, 0.1) is 13.8 Å². The van der Waals surface area contributed by atoms with Crippen molar-refractivity contribution in [1.29, 1.82) is 0 Å². The molecule has 0 saturated carbocycles. The van der Waals surface area contributed by atoms with Gasteiger partial charge in [0, 0.05) is 22.8 Å². The molecule has 164 valence electrons. The molecule has 30 heavy (non-hydrogen) atoms. The Balaban J connectivity index is 1.86. The van der Waals surface area contributed by atoms with E-state index < -0.39 is 20.0 Å². The number of hydrogen-bond acceptors (Lipinski definition) is 4. The normalized spacial score (nSPS) is 20.8. The predicted molar refractivity (Wildman–Crippen MR) is 120 cm³/mol. The monoisotopic (exact) mass is 470 g/mol. The van der Waals surface area contributed by atoms with Crippen LogP contribution in [-0.4, -0.2) is 33.2 Å². The van der Waals surface area contributed by atoms with Crippen molar-refractivity contribution in [2.75, 3.05) is 4.72 Å². The molecule has 2 aromatic rings. The van der Waals surface area contributed by atoms with E-state index in [1.165, 1.54) is 30.3 Å². The summed E-state index contributed by atoms with van der Waals surface area (Å²) < 4.78 is 56.0. The molecule has 0 aromatic heterocycles. The molecule has 6 nitrogen and oxygen atoms in total. The fourth-order valence-electron chi connectivity index (χ4n) is 3.94. The molecule has 1 fully saturated rings. The molecule has 0 spiro atoms. The molecule has 1 aliphatic heterocycles. The number of nitrogens with zero attached hydrogens (tertiary/aromatic N) is 1. The van der Waals surface area contributed by atoms with Crippen LogP contribution in [0.3, 0.4) is 0 Å². The second-order valence-electron chi connectivity index (χ2n) is 7.96. The summed E-state index contributed by atoms with van der Waals surface area (Å²) in [6.07, 6.45) is 2.68. The second kappa shape index (κ2) is 8.49. The molecule has 0 radical (unpaired) electrons. The summed E-state index contributed by atoms with van der Waals surface area (Å²) in [7, 11) is -7.49. The van der Waals surface area contributed by atoms with Gasteiger partial charge < -0.3 is 0 Å². The Morgan fingerprint density at radius 3 is 2.07 bits per heavy atom. The van der Waals surface area contributed by atoms with Crippen molar-refractivity contribution in [2.45, 2.75) is 68.8 Å². The van der Waals surface area contributed by atoms with Gasteiger partial charge in [-0.2, -0.15) is 4.31 Å². The fraction of sp³-hybridized carbons (Fsp3) is 0.429. The minimum Gasteiger partial charge on any atom is -0.280 e. The molecule has 9 heteroatoms. The third-order valence-corrected chi connectivity index (χ3v) is 9.61. The number of sulfonamides is 2. The lowest BCUT2D eigenvalue weighted by atomic mass is 10.0. The van der Waals surface area contributed by atoms with Gasteiger partial charge in [0.25, 0.3) is 10.0 Å². The van der Waals surface area contributed by atoms with E-state index in [-0.39, 0.29) is 21.9 Å². The zero-order valence-corrected chi connectivity index (χ0v) is 19.9. The van der Waals surface area contributed by atoms with Crippen molar-refractivity contribution in [3.05, 3.63) is 52.5 Å². The van der Waals surface area contributed by atoms with E-state index in [9.17, 15) is 16.8 Å². The van der Waals surface area contributed by atoms with Crippen LogP contribution in [0.5, 0.6) is 0 Å². The molecule has 1 aliphatic rings. The molecular formula is C21H27ClN2O4S2. The minimum absolute atomic E-state index is 0.0620.